The molecule has 0 bridgehead atoms. The van der Waals surface area contributed by atoms with Crippen LogP contribution in [0.2, 0.25) is 0 Å². The molecule has 0 aliphatic rings. The van der Waals surface area contributed by atoms with E-state index in [2.05, 4.69) is 10.7 Å². The summed E-state index contributed by atoms with van der Waals surface area (Å²) in [5, 5.41) is 22.2. The molecule has 2 heterocycles. The second-order valence-corrected chi connectivity index (χ2v) is 6.45. The van der Waals surface area contributed by atoms with Gasteiger partial charge in [-0.2, -0.15) is 4.68 Å². The summed E-state index contributed by atoms with van der Waals surface area (Å²) in [7, 11) is 0. The number of carboxylic acids is 1. The number of carboxylic acid groups (broad SMARTS) is 1. The van der Waals surface area contributed by atoms with Crippen molar-refractivity contribution < 1.29 is 24.4 Å². The van der Waals surface area contributed by atoms with Crippen molar-refractivity contribution in [2.24, 2.45) is 0 Å². The van der Waals surface area contributed by atoms with Crippen molar-refractivity contribution in [1.82, 2.24) is 9.99 Å². The molecule has 0 saturated heterocycles. The SMILES string of the molecule is O=C(NCc1cc(C(=O)O)c(Nn2c(=O)c2=O)s1)Oc1ccc([N+](=O)[O-])cc1. The number of carbonyl (C=O) groups is 2. The topological polar surface area (TPSA) is 170 Å². The second-order valence-electron chi connectivity index (χ2n) is 5.31. The number of nitrogens with zero attached hydrogens (tertiary/aromatic N) is 2. The lowest BCUT2D eigenvalue weighted by molar-refractivity contribution is -0.384. The Bertz CT molecular complexity index is 1110. The van der Waals surface area contributed by atoms with E-state index in [1.165, 1.54) is 30.3 Å². The van der Waals surface area contributed by atoms with Crippen LogP contribution in [0.1, 0.15) is 15.2 Å². The standard InChI is InChI=1S/C15H10N4O8S/c20-12-13(21)18(12)17-11-10(14(22)23)5-9(28-11)6-16-15(24)27-8-3-1-7(2-4-8)19(25)26/h1-5,17H,6H2,(H,16,24)(H,22,23). The first-order valence-corrected chi connectivity index (χ1v) is 8.29. The highest BCUT2D eigenvalue weighted by atomic mass is 32.1. The summed E-state index contributed by atoms with van der Waals surface area (Å²) in [5.41, 5.74) is 0.513. The van der Waals surface area contributed by atoms with Gasteiger partial charge in [-0.05, 0) is 18.2 Å². The van der Waals surface area contributed by atoms with E-state index in [0.717, 1.165) is 11.3 Å². The van der Waals surface area contributed by atoms with Gasteiger partial charge in [-0.3, -0.25) is 25.1 Å². The molecule has 0 radical (unpaired) electrons. The molecule has 0 aliphatic carbocycles. The summed E-state index contributed by atoms with van der Waals surface area (Å²) in [6.07, 6.45) is -0.857. The zero-order chi connectivity index (χ0) is 20.4. The van der Waals surface area contributed by atoms with Gasteiger partial charge in [0.25, 0.3) is 5.69 Å². The maximum Gasteiger partial charge on any atom is 0.412 e. The van der Waals surface area contributed by atoms with Crippen LogP contribution in [0.25, 0.3) is 0 Å². The molecule has 0 unspecified atom stereocenters. The Balaban J connectivity index is 1.62. The molecular weight excluding hydrogens is 396 g/mol. The fourth-order valence-corrected chi connectivity index (χ4v) is 3.02. The Labute approximate surface area is 158 Å². The van der Waals surface area contributed by atoms with Crippen molar-refractivity contribution in [2.75, 3.05) is 5.43 Å². The van der Waals surface area contributed by atoms with Crippen LogP contribution in [-0.4, -0.2) is 26.8 Å². The van der Waals surface area contributed by atoms with E-state index in [-0.39, 0.29) is 28.5 Å². The molecule has 13 heteroatoms. The summed E-state index contributed by atoms with van der Waals surface area (Å²) in [5.74, 6) is -1.19. The Morgan fingerprint density at radius 2 is 1.86 bits per heavy atom. The molecule has 28 heavy (non-hydrogen) atoms. The van der Waals surface area contributed by atoms with E-state index < -0.39 is 28.1 Å². The second kappa shape index (κ2) is 7.32. The van der Waals surface area contributed by atoms with Crippen molar-refractivity contribution in [3.8, 4) is 5.75 Å². The molecule has 0 aliphatic heterocycles. The first-order chi connectivity index (χ1) is 13.3. The lowest BCUT2D eigenvalue weighted by Gasteiger charge is -2.05. The van der Waals surface area contributed by atoms with Gasteiger partial charge in [0.2, 0.25) is 0 Å². The first kappa shape index (κ1) is 18.8. The van der Waals surface area contributed by atoms with Crippen LogP contribution in [0.3, 0.4) is 0 Å². The van der Waals surface area contributed by atoms with Crippen LogP contribution in [0.5, 0.6) is 5.75 Å². The number of nitro groups is 1. The van der Waals surface area contributed by atoms with Crippen LogP contribution < -0.4 is 26.6 Å². The van der Waals surface area contributed by atoms with Gasteiger partial charge in [-0.25, -0.2) is 9.59 Å². The third-order valence-electron chi connectivity index (χ3n) is 3.43. The number of rotatable bonds is 7. The van der Waals surface area contributed by atoms with E-state index in [9.17, 15) is 34.4 Å². The van der Waals surface area contributed by atoms with E-state index in [4.69, 9.17) is 4.74 Å². The van der Waals surface area contributed by atoms with E-state index in [1.54, 1.807) is 0 Å². The summed E-state index contributed by atoms with van der Waals surface area (Å²) < 4.78 is 5.63. The molecule has 3 aromatic rings. The normalized spacial score (nSPS) is 10.6. The summed E-state index contributed by atoms with van der Waals surface area (Å²) >= 11 is 0.930. The van der Waals surface area contributed by atoms with Crippen molar-refractivity contribution in [2.45, 2.75) is 6.54 Å². The maximum absolute atomic E-state index is 11.8. The number of nitrogens with one attached hydrogen (secondary N) is 2. The Morgan fingerprint density at radius 1 is 1.21 bits per heavy atom. The minimum absolute atomic E-state index is 0.0623. The molecule has 0 atom stereocenters. The molecule has 0 saturated carbocycles. The largest absolute Gasteiger partial charge is 0.478 e. The Morgan fingerprint density at radius 3 is 2.39 bits per heavy atom. The molecule has 2 aromatic heterocycles. The van der Waals surface area contributed by atoms with Crippen LogP contribution in [-0.2, 0) is 6.54 Å². The van der Waals surface area contributed by atoms with Gasteiger partial charge in [-0.15, -0.1) is 11.3 Å². The third-order valence-corrected chi connectivity index (χ3v) is 4.47. The van der Waals surface area contributed by atoms with Gasteiger partial charge in [0, 0.05) is 17.0 Å². The Hall–Kier alpha value is -4.00. The fourth-order valence-electron chi connectivity index (χ4n) is 2.05. The van der Waals surface area contributed by atoms with Crippen LogP contribution in [0, 0.1) is 10.1 Å². The van der Waals surface area contributed by atoms with Gasteiger partial charge in [0.1, 0.15) is 10.8 Å². The number of anilines is 1. The minimum Gasteiger partial charge on any atom is -0.478 e. The number of hydrogen-bond acceptors (Lipinski definition) is 9. The molecule has 12 nitrogen and oxygen atoms in total. The molecule has 0 fully saturated rings. The maximum atomic E-state index is 11.8. The van der Waals surface area contributed by atoms with E-state index in [0.29, 0.717) is 9.55 Å². The van der Waals surface area contributed by atoms with E-state index >= 15 is 0 Å². The van der Waals surface area contributed by atoms with Crippen LogP contribution in [0.4, 0.5) is 15.5 Å². The number of non-ortho nitro benzene ring substituents is 1. The molecule has 144 valence electrons. The van der Waals surface area contributed by atoms with Gasteiger partial charge in [0.05, 0.1) is 17.0 Å². The highest BCUT2D eigenvalue weighted by Crippen LogP contribution is 2.28. The van der Waals surface area contributed by atoms with Crippen molar-refractivity contribution in [3.05, 3.63) is 71.6 Å². The average Bonchev–Trinajstić information content (AvgIpc) is 3.05. The molecule has 3 N–H and O–H groups in total. The molecule has 1 aromatic carbocycles. The minimum atomic E-state index is -1.28. The monoisotopic (exact) mass is 406 g/mol. The zero-order valence-electron chi connectivity index (χ0n) is 13.7. The number of aromatic carboxylic acids is 1. The smallest absolute Gasteiger partial charge is 0.412 e. The zero-order valence-corrected chi connectivity index (χ0v) is 14.5. The number of aromatic nitrogens is 1. The number of carbonyl (C=O) groups excluding carboxylic acids is 1. The van der Waals surface area contributed by atoms with Crippen molar-refractivity contribution in [1.29, 1.82) is 0 Å². The predicted octanol–water partition coefficient (Wildman–Crippen LogP) is 0.916. The fraction of sp³-hybridized carbons (Fsp3) is 0.0667. The lowest BCUT2D eigenvalue weighted by Crippen LogP contribution is -2.25. The van der Waals surface area contributed by atoms with Gasteiger partial charge >= 0.3 is 23.2 Å². The van der Waals surface area contributed by atoms with Gasteiger partial charge < -0.3 is 15.2 Å². The Kier molecular flexibility index (Phi) is 4.91. The van der Waals surface area contributed by atoms with E-state index in [1.807, 2.05) is 0 Å². The molecule has 3 rings (SSSR count). The molecule has 0 spiro atoms. The van der Waals surface area contributed by atoms with Crippen molar-refractivity contribution >= 4 is 34.1 Å². The van der Waals surface area contributed by atoms with Crippen LogP contribution in [0.15, 0.2) is 39.9 Å². The number of hydrogen-bond donors (Lipinski definition) is 3. The number of amides is 1. The summed E-state index contributed by atoms with van der Waals surface area (Å²) in [6, 6.07) is 6.14. The predicted molar refractivity (Wildman–Crippen MR) is 95.6 cm³/mol. The summed E-state index contributed by atoms with van der Waals surface area (Å²) in [6.45, 7) is -0.0830. The number of thiophene rings is 1. The number of nitro benzene ring substituents is 1. The first-order valence-electron chi connectivity index (χ1n) is 7.47. The summed E-state index contributed by atoms with van der Waals surface area (Å²) in [4.78, 5) is 55.5. The third kappa shape index (κ3) is 4.04. The van der Waals surface area contributed by atoms with Crippen LogP contribution >= 0.6 is 11.3 Å². The van der Waals surface area contributed by atoms with Gasteiger partial charge in [-0.1, -0.05) is 0 Å². The molecule has 1 amide bonds. The highest BCUT2D eigenvalue weighted by molar-refractivity contribution is 7.16. The van der Waals surface area contributed by atoms with Gasteiger partial charge in [0.15, 0.2) is 0 Å². The highest BCUT2D eigenvalue weighted by Gasteiger charge is 2.22. The van der Waals surface area contributed by atoms with Crippen molar-refractivity contribution in [3.63, 3.8) is 0 Å². The number of benzene rings is 1. The average molecular weight is 406 g/mol. The number of ether oxygens (including phenoxy) is 1. The quantitative estimate of drug-likeness (QED) is 0.293. The molecular formula is C15H10N4O8S. The lowest BCUT2D eigenvalue weighted by atomic mass is 10.3.